The van der Waals surface area contributed by atoms with Crippen molar-refractivity contribution in [1.29, 1.82) is 0 Å². The van der Waals surface area contributed by atoms with E-state index in [1.807, 2.05) is 11.8 Å². The molecule has 2 aliphatic rings. The van der Waals surface area contributed by atoms with Gasteiger partial charge in [0, 0.05) is 19.0 Å². The third kappa shape index (κ3) is 3.00. The molecule has 20 heavy (non-hydrogen) atoms. The highest BCUT2D eigenvalue weighted by atomic mass is 16.2. The van der Waals surface area contributed by atoms with E-state index in [2.05, 4.69) is 20.5 Å². The molecule has 0 radical (unpaired) electrons. The number of carbonyl (C=O) groups excluding carboxylic acids is 1. The molecule has 2 N–H and O–H groups in total. The molecule has 0 aromatic carbocycles. The van der Waals surface area contributed by atoms with Crippen LogP contribution in [0.3, 0.4) is 0 Å². The van der Waals surface area contributed by atoms with Crippen LogP contribution in [0.1, 0.15) is 49.1 Å². The molecule has 1 aliphatic carbocycles. The van der Waals surface area contributed by atoms with Crippen molar-refractivity contribution in [2.24, 2.45) is 5.92 Å². The predicted octanol–water partition coefficient (Wildman–Crippen LogP) is 0.971. The lowest BCUT2D eigenvalue weighted by atomic mass is 9.99. The van der Waals surface area contributed by atoms with Crippen molar-refractivity contribution in [1.82, 2.24) is 25.4 Å². The van der Waals surface area contributed by atoms with Crippen LogP contribution in [0.5, 0.6) is 0 Å². The molecular formula is C14H23N5O. The van der Waals surface area contributed by atoms with E-state index in [4.69, 9.17) is 0 Å². The maximum Gasteiger partial charge on any atom is 0.293 e. The van der Waals surface area contributed by atoms with Gasteiger partial charge >= 0.3 is 0 Å². The van der Waals surface area contributed by atoms with Gasteiger partial charge in [-0.3, -0.25) is 9.89 Å². The Balaban J connectivity index is 1.67. The van der Waals surface area contributed by atoms with E-state index >= 15 is 0 Å². The molecule has 1 saturated heterocycles. The van der Waals surface area contributed by atoms with Crippen LogP contribution >= 0.6 is 0 Å². The quantitative estimate of drug-likeness (QED) is 0.841. The fourth-order valence-corrected chi connectivity index (χ4v) is 2.82. The Morgan fingerprint density at radius 2 is 2.25 bits per heavy atom. The Bertz CT molecular complexity index is 462. The first kappa shape index (κ1) is 13.5. The van der Waals surface area contributed by atoms with Crippen LogP contribution in [0.2, 0.25) is 0 Å². The number of hydrogen-bond donors (Lipinski definition) is 2. The number of nitrogens with one attached hydrogen (secondary N) is 2. The zero-order valence-corrected chi connectivity index (χ0v) is 12.1. The number of aromatic nitrogens is 3. The van der Waals surface area contributed by atoms with Crippen LogP contribution in [0.25, 0.3) is 0 Å². The Labute approximate surface area is 119 Å². The summed E-state index contributed by atoms with van der Waals surface area (Å²) in [5, 5.41) is 10.3. The molecule has 2 fully saturated rings. The Kier molecular flexibility index (Phi) is 4.00. The summed E-state index contributed by atoms with van der Waals surface area (Å²) in [5.41, 5.74) is 0. The number of amides is 1. The first-order valence-electron chi connectivity index (χ1n) is 7.71. The third-order valence-electron chi connectivity index (χ3n) is 4.16. The van der Waals surface area contributed by atoms with Crippen LogP contribution in [0, 0.1) is 5.92 Å². The lowest BCUT2D eigenvalue weighted by molar-refractivity contribution is 0.0692. The van der Waals surface area contributed by atoms with Crippen LogP contribution in [-0.2, 0) is 6.42 Å². The van der Waals surface area contributed by atoms with Gasteiger partial charge < -0.3 is 10.2 Å². The molecule has 1 atom stereocenters. The highest BCUT2D eigenvalue weighted by molar-refractivity contribution is 5.90. The molecule has 1 unspecified atom stereocenters. The monoisotopic (exact) mass is 277 g/mol. The van der Waals surface area contributed by atoms with Gasteiger partial charge in [0.1, 0.15) is 5.82 Å². The molecule has 1 aromatic rings. The van der Waals surface area contributed by atoms with Gasteiger partial charge in [-0.2, -0.15) is 0 Å². The normalized spacial score (nSPS) is 22.8. The van der Waals surface area contributed by atoms with E-state index in [-0.39, 0.29) is 5.91 Å². The molecule has 6 heteroatoms. The van der Waals surface area contributed by atoms with Gasteiger partial charge in [-0.1, -0.05) is 6.92 Å². The van der Waals surface area contributed by atoms with Crippen LogP contribution in [0.15, 0.2) is 0 Å². The summed E-state index contributed by atoms with van der Waals surface area (Å²) >= 11 is 0. The molecule has 0 bridgehead atoms. The fourth-order valence-electron chi connectivity index (χ4n) is 2.82. The number of H-pyrrole nitrogens is 1. The molecule has 6 nitrogen and oxygen atoms in total. The first-order chi connectivity index (χ1) is 9.78. The Morgan fingerprint density at radius 1 is 1.40 bits per heavy atom. The van der Waals surface area contributed by atoms with Crippen molar-refractivity contribution in [3.05, 3.63) is 11.6 Å². The third-order valence-corrected chi connectivity index (χ3v) is 4.16. The van der Waals surface area contributed by atoms with E-state index in [1.165, 1.54) is 12.8 Å². The van der Waals surface area contributed by atoms with Gasteiger partial charge in [-0.25, -0.2) is 4.98 Å². The minimum absolute atomic E-state index is 0.00553. The van der Waals surface area contributed by atoms with Crippen molar-refractivity contribution in [3.8, 4) is 0 Å². The number of carbonyl (C=O) groups is 1. The average Bonchev–Trinajstić information content (AvgIpc) is 3.21. The van der Waals surface area contributed by atoms with E-state index in [9.17, 15) is 4.79 Å². The lowest BCUT2D eigenvalue weighted by Gasteiger charge is -2.29. The van der Waals surface area contributed by atoms with Gasteiger partial charge in [0.15, 0.2) is 0 Å². The summed E-state index contributed by atoms with van der Waals surface area (Å²) in [6, 6.07) is 0.410. The Hall–Kier alpha value is -1.43. The van der Waals surface area contributed by atoms with Crippen molar-refractivity contribution in [3.63, 3.8) is 0 Å². The van der Waals surface area contributed by atoms with Gasteiger partial charge in [0.05, 0.1) is 0 Å². The molecule has 2 heterocycles. The molecule has 1 aromatic heterocycles. The average molecular weight is 277 g/mol. The van der Waals surface area contributed by atoms with E-state index in [0.717, 1.165) is 44.7 Å². The molecule has 1 amide bonds. The topological polar surface area (TPSA) is 73.9 Å². The summed E-state index contributed by atoms with van der Waals surface area (Å²) in [6.07, 6.45) is 5.43. The van der Waals surface area contributed by atoms with E-state index in [0.29, 0.717) is 17.8 Å². The standard InChI is InChI=1S/C14H23N5O/c1-2-12-16-13(18-17-12)14(20)19(11-5-6-11)9-10-4-3-7-15-8-10/h10-11,15H,2-9H2,1H3,(H,16,17,18). The highest BCUT2D eigenvalue weighted by Gasteiger charge is 2.36. The molecule has 3 rings (SSSR count). The summed E-state index contributed by atoms with van der Waals surface area (Å²) in [6.45, 7) is 4.97. The van der Waals surface area contributed by atoms with Crippen LogP contribution < -0.4 is 5.32 Å². The smallest absolute Gasteiger partial charge is 0.293 e. The second-order valence-electron chi connectivity index (χ2n) is 5.86. The summed E-state index contributed by atoms with van der Waals surface area (Å²) < 4.78 is 0. The fraction of sp³-hybridized carbons (Fsp3) is 0.786. The summed E-state index contributed by atoms with van der Waals surface area (Å²) in [4.78, 5) is 18.9. The minimum atomic E-state index is -0.00553. The van der Waals surface area contributed by atoms with Gasteiger partial charge in [0.25, 0.3) is 5.91 Å². The van der Waals surface area contributed by atoms with Crippen molar-refractivity contribution in [2.75, 3.05) is 19.6 Å². The van der Waals surface area contributed by atoms with Gasteiger partial charge in [-0.15, -0.1) is 5.10 Å². The number of piperidine rings is 1. The van der Waals surface area contributed by atoms with E-state index in [1.54, 1.807) is 0 Å². The number of hydrogen-bond acceptors (Lipinski definition) is 4. The number of nitrogens with zero attached hydrogens (tertiary/aromatic N) is 3. The number of rotatable bonds is 5. The highest BCUT2D eigenvalue weighted by Crippen LogP contribution is 2.29. The SMILES string of the molecule is CCc1nc(C(=O)N(CC2CCCNC2)C2CC2)n[nH]1. The maximum atomic E-state index is 12.6. The second kappa shape index (κ2) is 5.91. The van der Waals surface area contributed by atoms with Gasteiger partial charge in [-0.05, 0) is 44.7 Å². The first-order valence-corrected chi connectivity index (χ1v) is 7.71. The molecule has 1 saturated carbocycles. The Morgan fingerprint density at radius 3 is 2.85 bits per heavy atom. The van der Waals surface area contributed by atoms with E-state index < -0.39 is 0 Å². The van der Waals surface area contributed by atoms with Crippen molar-refractivity contribution >= 4 is 5.91 Å². The van der Waals surface area contributed by atoms with Crippen LogP contribution in [-0.4, -0.2) is 51.7 Å². The summed E-state index contributed by atoms with van der Waals surface area (Å²) in [7, 11) is 0. The molecule has 1 aliphatic heterocycles. The minimum Gasteiger partial charge on any atom is -0.333 e. The predicted molar refractivity (Wildman–Crippen MR) is 75.4 cm³/mol. The molecule has 0 spiro atoms. The van der Waals surface area contributed by atoms with Gasteiger partial charge in [0.2, 0.25) is 5.82 Å². The largest absolute Gasteiger partial charge is 0.333 e. The second-order valence-corrected chi connectivity index (χ2v) is 5.86. The maximum absolute atomic E-state index is 12.6. The zero-order valence-electron chi connectivity index (χ0n) is 12.1. The van der Waals surface area contributed by atoms with Crippen LogP contribution in [0.4, 0.5) is 0 Å². The van der Waals surface area contributed by atoms with Crippen molar-refractivity contribution < 1.29 is 4.79 Å². The lowest BCUT2D eigenvalue weighted by Crippen LogP contribution is -2.42. The zero-order chi connectivity index (χ0) is 13.9. The molecular weight excluding hydrogens is 254 g/mol. The summed E-state index contributed by atoms with van der Waals surface area (Å²) in [5.74, 6) is 1.67. The number of aromatic amines is 1. The number of aryl methyl sites for hydroxylation is 1. The molecule has 110 valence electrons. The van der Waals surface area contributed by atoms with Crippen molar-refractivity contribution in [2.45, 2.75) is 45.1 Å².